The van der Waals surface area contributed by atoms with Gasteiger partial charge in [0.15, 0.2) is 5.78 Å². The van der Waals surface area contributed by atoms with Crippen molar-refractivity contribution in [3.05, 3.63) is 41.6 Å². The Labute approximate surface area is 312 Å². The number of ether oxygens (including phenoxy) is 2. The maximum absolute atomic E-state index is 14.9. The van der Waals surface area contributed by atoms with Gasteiger partial charge in [0, 0.05) is 42.7 Å². The van der Waals surface area contributed by atoms with Gasteiger partial charge in [-0.25, -0.2) is 13.4 Å². The molecule has 11 nitrogen and oxygen atoms in total. The van der Waals surface area contributed by atoms with Crippen LogP contribution in [0.2, 0.25) is 0 Å². The summed E-state index contributed by atoms with van der Waals surface area (Å²) in [5.74, 6) is -1.89. The SMILES string of the molecule is CC[C@@H]1C[C@]1(CC(=O)[C@@H]1C[C@@H]2CN1C(=O)[C@H](C1CCCCC1)CC(=O)[C@@H](C)COC/C=C/c1cc3c(nccc3cc1C)O2)C(=O)NS(=O)(=O)C1CC1. The van der Waals surface area contributed by atoms with Crippen molar-refractivity contribution in [1.29, 1.82) is 0 Å². The summed E-state index contributed by atoms with van der Waals surface area (Å²) < 4.78 is 40.4. The number of aryl methyl sites for hydroxylation is 1. The second-order valence-corrected chi connectivity index (χ2v) is 18.3. The Morgan fingerprint density at radius 3 is 2.58 bits per heavy atom. The number of carbonyl (C=O) groups excluding carboxylic acids is 4. The molecule has 5 aliphatic rings. The highest BCUT2D eigenvalue weighted by Crippen LogP contribution is 2.58. The zero-order valence-corrected chi connectivity index (χ0v) is 32.0. The smallest absolute Gasteiger partial charge is 0.240 e. The average Bonchev–Trinajstić information content (AvgIpc) is 4.07. The van der Waals surface area contributed by atoms with Crippen molar-refractivity contribution in [3.8, 4) is 5.88 Å². The Hall–Kier alpha value is -3.64. The number of carbonyl (C=O) groups is 4. The van der Waals surface area contributed by atoms with E-state index < -0.39 is 50.6 Å². The van der Waals surface area contributed by atoms with Gasteiger partial charge in [-0.1, -0.05) is 57.7 Å². The second kappa shape index (κ2) is 15.2. The lowest BCUT2D eigenvalue weighted by atomic mass is 9.76. The van der Waals surface area contributed by atoms with Crippen LogP contribution in [0, 0.1) is 36.0 Å². The van der Waals surface area contributed by atoms with Crippen LogP contribution in [-0.4, -0.2) is 78.8 Å². The van der Waals surface area contributed by atoms with Gasteiger partial charge in [-0.05, 0) is 79.5 Å². The summed E-state index contributed by atoms with van der Waals surface area (Å²) in [7, 11) is -3.80. The monoisotopic (exact) mass is 747 g/mol. The van der Waals surface area contributed by atoms with Crippen LogP contribution in [0.5, 0.6) is 5.88 Å². The number of sulfonamides is 1. The molecule has 1 saturated heterocycles. The molecule has 3 aliphatic carbocycles. The standard InChI is InChI=1S/C41H53N3O8S/c1-4-30-21-41(30,40(48)43-53(49,50)32-12-13-32)22-37(46)35-19-31-23-44(35)39(47)34(27-9-6-5-7-10-27)20-36(45)26(3)24-51-16-8-11-28-18-33-29(17-25(28)2)14-15-42-38(33)52-31/h8,11,14-15,17-18,26-27,30-32,34-35H,4-7,9-10,12-13,16,19-24H2,1-3H3,(H,43,48)/b11-8+/t26-,30+,31+,34-,35-,41+/m0/s1. The van der Waals surface area contributed by atoms with Crippen LogP contribution in [-0.2, 0) is 33.9 Å². The molecule has 3 saturated carbocycles. The number of rotatable bonds is 8. The van der Waals surface area contributed by atoms with Gasteiger partial charge in [0.1, 0.15) is 11.9 Å². The van der Waals surface area contributed by atoms with E-state index in [0.717, 1.165) is 54.0 Å². The number of hydrogen-bond acceptors (Lipinski definition) is 9. The zero-order chi connectivity index (χ0) is 37.5. The van der Waals surface area contributed by atoms with E-state index in [-0.39, 0.29) is 61.7 Å². The lowest BCUT2D eigenvalue weighted by Crippen LogP contribution is -2.48. The summed E-state index contributed by atoms with van der Waals surface area (Å²) in [4.78, 5) is 63.1. The molecule has 53 heavy (non-hydrogen) atoms. The van der Waals surface area contributed by atoms with Crippen molar-refractivity contribution in [2.24, 2.45) is 29.1 Å². The molecule has 0 unspecified atom stereocenters. The van der Waals surface area contributed by atoms with Crippen LogP contribution >= 0.6 is 0 Å². The summed E-state index contributed by atoms with van der Waals surface area (Å²) in [5, 5.41) is 1.19. The summed E-state index contributed by atoms with van der Waals surface area (Å²) in [5.41, 5.74) is 0.896. The first-order chi connectivity index (χ1) is 25.4. The van der Waals surface area contributed by atoms with Gasteiger partial charge in [-0.15, -0.1) is 0 Å². The van der Waals surface area contributed by atoms with Crippen LogP contribution in [0.1, 0.15) is 102 Å². The first-order valence-corrected chi connectivity index (χ1v) is 21.2. The molecule has 1 aromatic heterocycles. The van der Waals surface area contributed by atoms with Crippen LogP contribution in [0.15, 0.2) is 30.5 Å². The number of fused-ring (bicyclic) bond motifs is 3. The fraction of sp³-hybridized carbons (Fsp3) is 0.634. The predicted molar refractivity (Wildman–Crippen MR) is 200 cm³/mol. The highest BCUT2D eigenvalue weighted by atomic mass is 32.2. The summed E-state index contributed by atoms with van der Waals surface area (Å²) in [6.45, 7) is 6.52. The minimum absolute atomic E-state index is 0.0108. The number of amides is 2. The van der Waals surface area contributed by atoms with E-state index in [1.165, 1.54) is 0 Å². The Morgan fingerprint density at radius 2 is 1.87 bits per heavy atom. The zero-order valence-electron chi connectivity index (χ0n) is 31.2. The molecule has 0 spiro atoms. The molecule has 1 N–H and O–H groups in total. The van der Waals surface area contributed by atoms with E-state index in [1.807, 2.05) is 45.1 Å². The molecular weight excluding hydrogens is 695 g/mol. The molecule has 2 amide bonds. The topological polar surface area (TPSA) is 149 Å². The van der Waals surface area contributed by atoms with Gasteiger partial charge in [0.05, 0.1) is 36.5 Å². The summed E-state index contributed by atoms with van der Waals surface area (Å²) in [6.07, 6.45) is 12.0. The number of hydrogen-bond donors (Lipinski definition) is 1. The van der Waals surface area contributed by atoms with Crippen LogP contribution in [0.3, 0.4) is 0 Å². The highest BCUT2D eigenvalue weighted by molar-refractivity contribution is 7.90. The maximum atomic E-state index is 14.9. The fourth-order valence-corrected chi connectivity index (χ4v) is 10.4. The number of benzene rings is 1. The highest BCUT2D eigenvalue weighted by Gasteiger charge is 2.61. The van der Waals surface area contributed by atoms with Crippen molar-refractivity contribution in [1.82, 2.24) is 14.6 Å². The fourth-order valence-electron chi connectivity index (χ4n) is 9.00. The summed E-state index contributed by atoms with van der Waals surface area (Å²) in [6, 6.07) is 5.13. The molecule has 6 atom stereocenters. The quantitative estimate of drug-likeness (QED) is 0.359. The number of nitrogens with zero attached hydrogens (tertiary/aromatic N) is 2. The molecule has 2 aromatic rings. The molecule has 4 fully saturated rings. The molecule has 286 valence electrons. The van der Waals surface area contributed by atoms with Gasteiger partial charge in [-0.2, -0.15) is 0 Å². The Balaban J connectivity index is 1.23. The number of nitrogens with one attached hydrogen (secondary N) is 1. The molecule has 12 heteroatoms. The lowest BCUT2D eigenvalue weighted by molar-refractivity contribution is -0.145. The second-order valence-electron chi connectivity index (χ2n) is 16.3. The average molecular weight is 748 g/mol. The van der Waals surface area contributed by atoms with Crippen LogP contribution in [0.4, 0.5) is 0 Å². The van der Waals surface area contributed by atoms with Crippen molar-refractivity contribution in [2.45, 2.75) is 115 Å². The number of pyridine rings is 1. The minimum atomic E-state index is -3.80. The maximum Gasteiger partial charge on any atom is 0.240 e. The van der Waals surface area contributed by atoms with Gasteiger partial charge >= 0.3 is 0 Å². The lowest BCUT2D eigenvalue weighted by Gasteiger charge is -2.34. The molecule has 2 aliphatic heterocycles. The van der Waals surface area contributed by atoms with E-state index in [9.17, 15) is 27.6 Å². The number of aromatic nitrogens is 1. The molecule has 3 heterocycles. The van der Waals surface area contributed by atoms with Gasteiger partial charge in [0.2, 0.25) is 27.7 Å². The molecule has 0 radical (unpaired) electrons. The number of Topliss-reactive ketones (excluding diaryl/α,β-unsaturated/α-hetero) is 2. The first-order valence-electron chi connectivity index (χ1n) is 19.6. The van der Waals surface area contributed by atoms with Crippen LogP contribution < -0.4 is 9.46 Å². The Bertz CT molecular complexity index is 1900. The van der Waals surface area contributed by atoms with E-state index >= 15 is 0 Å². The van der Waals surface area contributed by atoms with E-state index in [4.69, 9.17) is 9.47 Å². The van der Waals surface area contributed by atoms with Gasteiger partial charge in [0.25, 0.3) is 0 Å². The van der Waals surface area contributed by atoms with Crippen molar-refractivity contribution >= 4 is 50.3 Å². The van der Waals surface area contributed by atoms with Crippen molar-refractivity contribution in [2.75, 3.05) is 19.8 Å². The minimum Gasteiger partial charge on any atom is -0.472 e. The number of ketones is 2. The van der Waals surface area contributed by atoms with E-state index in [2.05, 4.69) is 15.8 Å². The third-order valence-electron chi connectivity index (χ3n) is 12.6. The van der Waals surface area contributed by atoms with Crippen molar-refractivity contribution in [3.63, 3.8) is 0 Å². The van der Waals surface area contributed by atoms with Gasteiger partial charge in [-0.3, -0.25) is 23.9 Å². The summed E-state index contributed by atoms with van der Waals surface area (Å²) >= 11 is 0. The predicted octanol–water partition coefficient (Wildman–Crippen LogP) is 5.71. The van der Waals surface area contributed by atoms with Crippen molar-refractivity contribution < 1.29 is 37.1 Å². The van der Waals surface area contributed by atoms with Gasteiger partial charge < -0.3 is 14.4 Å². The first kappa shape index (κ1) is 37.7. The third-order valence-corrected chi connectivity index (χ3v) is 14.4. The Kier molecular flexibility index (Phi) is 10.8. The molecule has 7 rings (SSSR count). The normalized spacial score (nSPS) is 30.8. The molecule has 1 aromatic carbocycles. The largest absolute Gasteiger partial charge is 0.472 e. The third kappa shape index (κ3) is 7.95. The van der Waals surface area contributed by atoms with Crippen LogP contribution in [0.25, 0.3) is 16.8 Å². The van der Waals surface area contributed by atoms with E-state index in [0.29, 0.717) is 38.2 Å². The molecule has 4 bridgehead atoms. The van der Waals surface area contributed by atoms with E-state index in [1.54, 1.807) is 11.1 Å². The molecular formula is C41H53N3O8S. The Morgan fingerprint density at radius 1 is 1.09 bits per heavy atom.